The van der Waals surface area contributed by atoms with Crippen molar-refractivity contribution < 1.29 is 19.1 Å². The maximum absolute atomic E-state index is 11.6. The molecule has 106 valence electrons. The molecule has 0 fully saturated rings. The van der Waals surface area contributed by atoms with Crippen molar-refractivity contribution in [2.75, 3.05) is 19.8 Å². The number of carbonyl (C=O) groups excluding carboxylic acids is 2. The Balaban J connectivity index is 4.31. The third-order valence-electron chi connectivity index (χ3n) is 2.23. The summed E-state index contributed by atoms with van der Waals surface area (Å²) in [6.45, 7) is 5.90. The summed E-state index contributed by atoms with van der Waals surface area (Å²) in [5, 5.41) is 10.9. The first-order chi connectivity index (χ1) is 9.15. The van der Waals surface area contributed by atoms with Crippen molar-refractivity contribution in [2.24, 2.45) is 0 Å². The second-order valence-electron chi connectivity index (χ2n) is 3.70. The summed E-state index contributed by atoms with van der Waals surface area (Å²) in [6, 6.07) is 0.928. The Morgan fingerprint density at radius 1 is 1.53 bits per heavy atom. The number of amides is 1. The SMILES string of the molecule is C=CCCC(=O)NC(CCOCC)C(=O)OCC#N. The quantitative estimate of drug-likeness (QED) is 0.362. The van der Waals surface area contributed by atoms with E-state index in [1.54, 1.807) is 12.1 Å². The van der Waals surface area contributed by atoms with Crippen LogP contribution < -0.4 is 5.32 Å². The number of nitriles is 1. The van der Waals surface area contributed by atoms with Crippen molar-refractivity contribution in [3.05, 3.63) is 12.7 Å². The first-order valence-electron chi connectivity index (χ1n) is 6.17. The smallest absolute Gasteiger partial charge is 0.329 e. The van der Waals surface area contributed by atoms with Crippen molar-refractivity contribution in [2.45, 2.75) is 32.2 Å². The summed E-state index contributed by atoms with van der Waals surface area (Å²) in [7, 11) is 0. The van der Waals surface area contributed by atoms with Gasteiger partial charge in [0.05, 0.1) is 0 Å². The zero-order valence-corrected chi connectivity index (χ0v) is 11.2. The lowest BCUT2D eigenvalue weighted by molar-refractivity contribution is -0.147. The number of esters is 1. The van der Waals surface area contributed by atoms with Crippen LogP contribution in [0.1, 0.15) is 26.2 Å². The summed E-state index contributed by atoms with van der Waals surface area (Å²) in [5.74, 6) is -0.872. The molecule has 0 aromatic rings. The van der Waals surface area contributed by atoms with Crippen LogP contribution in [0.25, 0.3) is 0 Å². The molecule has 0 aromatic heterocycles. The van der Waals surface area contributed by atoms with Gasteiger partial charge in [0.1, 0.15) is 12.1 Å². The molecule has 6 nitrogen and oxygen atoms in total. The largest absolute Gasteiger partial charge is 0.449 e. The topological polar surface area (TPSA) is 88.4 Å². The number of allylic oxidation sites excluding steroid dienone is 1. The molecule has 0 saturated carbocycles. The van der Waals surface area contributed by atoms with E-state index in [4.69, 9.17) is 14.7 Å². The van der Waals surface area contributed by atoms with Crippen LogP contribution in [-0.2, 0) is 19.1 Å². The van der Waals surface area contributed by atoms with Gasteiger partial charge in [-0.25, -0.2) is 4.79 Å². The van der Waals surface area contributed by atoms with E-state index in [9.17, 15) is 9.59 Å². The molecule has 0 spiro atoms. The number of nitrogens with zero attached hydrogens (tertiary/aromatic N) is 1. The van der Waals surface area contributed by atoms with Crippen molar-refractivity contribution in [1.29, 1.82) is 5.26 Å². The van der Waals surface area contributed by atoms with E-state index in [-0.39, 0.29) is 18.9 Å². The van der Waals surface area contributed by atoms with Gasteiger partial charge in [0, 0.05) is 26.1 Å². The number of hydrogen-bond acceptors (Lipinski definition) is 5. The standard InChI is InChI=1S/C13H20N2O4/c1-3-5-6-12(16)15-11(7-9-18-4-2)13(17)19-10-8-14/h3,11H,1,4-7,9-10H2,2H3,(H,15,16). The van der Waals surface area contributed by atoms with Gasteiger partial charge in [-0.3, -0.25) is 4.79 Å². The van der Waals surface area contributed by atoms with Gasteiger partial charge < -0.3 is 14.8 Å². The second kappa shape index (κ2) is 11.2. The Labute approximate surface area is 113 Å². The molecule has 1 N–H and O–H groups in total. The van der Waals surface area contributed by atoms with E-state index in [0.717, 1.165) is 0 Å². The molecule has 0 radical (unpaired) electrons. The minimum Gasteiger partial charge on any atom is -0.449 e. The Kier molecular flexibility index (Phi) is 10.1. The van der Waals surface area contributed by atoms with E-state index in [2.05, 4.69) is 11.9 Å². The van der Waals surface area contributed by atoms with Crippen LogP contribution in [0.3, 0.4) is 0 Å². The molecule has 0 bridgehead atoms. The van der Waals surface area contributed by atoms with Crippen LogP contribution in [0.2, 0.25) is 0 Å². The Morgan fingerprint density at radius 2 is 2.26 bits per heavy atom. The fourth-order valence-electron chi connectivity index (χ4n) is 1.30. The Hall–Kier alpha value is -1.87. The number of nitrogens with one attached hydrogen (secondary N) is 1. The molecule has 0 aliphatic rings. The molecule has 1 unspecified atom stereocenters. The lowest BCUT2D eigenvalue weighted by atomic mass is 10.2. The molecule has 19 heavy (non-hydrogen) atoms. The number of carbonyl (C=O) groups is 2. The first-order valence-corrected chi connectivity index (χ1v) is 6.17. The van der Waals surface area contributed by atoms with Gasteiger partial charge in [0.25, 0.3) is 0 Å². The molecule has 0 saturated heterocycles. The van der Waals surface area contributed by atoms with E-state index < -0.39 is 12.0 Å². The predicted octanol–water partition coefficient (Wildman–Crippen LogP) is 0.931. The van der Waals surface area contributed by atoms with Gasteiger partial charge in [-0.2, -0.15) is 5.26 Å². The lowest BCUT2D eigenvalue weighted by Gasteiger charge is -2.16. The highest BCUT2D eigenvalue weighted by Gasteiger charge is 2.21. The summed E-state index contributed by atoms with van der Waals surface area (Å²) >= 11 is 0. The molecule has 0 aliphatic heterocycles. The summed E-state index contributed by atoms with van der Waals surface area (Å²) in [6.07, 6.45) is 2.75. The van der Waals surface area contributed by atoms with Crippen LogP contribution in [0.15, 0.2) is 12.7 Å². The predicted molar refractivity (Wildman–Crippen MR) is 69.0 cm³/mol. The second-order valence-corrected chi connectivity index (χ2v) is 3.70. The molecule has 1 amide bonds. The minimum absolute atomic E-state index is 0.254. The minimum atomic E-state index is -0.780. The molecular formula is C13H20N2O4. The van der Waals surface area contributed by atoms with Crippen LogP contribution in [0.4, 0.5) is 0 Å². The van der Waals surface area contributed by atoms with Gasteiger partial charge in [0.15, 0.2) is 6.61 Å². The Morgan fingerprint density at radius 3 is 2.84 bits per heavy atom. The van der Waals surface area contributed by atoms with Crippen molar-refractivity contribution >= 4 is 11.9 Å². The van der Waals surface area contributed by atoms with Crippen molar-refractivity contribution in [1.82, 2.24) is 5.32 Å². The third kappa shape index (κ3) is 8.80. The highest BCUT2D eigenvalue weighted by molar-refractivity contribution is 5.84. The van der Waals surface area contributed by atoms with Gasteiger partial charge in [0.2, 0.25) is 5.91 Å². The van der Waals surface area contributed by atoms with Crippen LogP contribution >= 0.6 is 0 Å². The van der Waals surface area contributed by atoms with Crippen LogP contribution in [-0.4, -0.2) is 37.7 Å². The van der Waals surface area contributed by atoms with Gasteiger partial charge >= 0.3 is 5.97 Å². The van der Waals surface area contributed by atoms with Gasteiger partial charge in [-0.1, -0.05) is 6.08 Å². The fourth-order valence-corrected chi connectivity index (χ4v) is 1.30. The van der Waals surface area contributed by atoms with Gasteiger partial charge in [-0.15, -0.1) is 6.58 Å². The lowest BCUT2D eigenvalue weighted by Crippen LogP contribution is -2.42. The molecule has 0 heterocycles. The van der Waals surface area contributed by atoms with Crippen LogP contribution in [0, 0.1) is 11.3 Å². The maximum atomic E-state index is 11.6. The number of ether oxygens (including phenoxy) is 2. The van der Waals surface area contributed by atoms with Gasteiger partial charge in [-0.05, 0) is 13.3 Å². The average molecular weight is 268 g/mol. The zero-order valence-electron chi connectivity index (χ0n) is 11.2. The monoisotopic (exact) mass is 268 g/mol. The van der Waals surface area contributed by atoms with E-state index >= 15 is 0 Å². The summed E-state index contributed by atoms with van der Waals surface area (Å²) < 4.78 is 9.84. The molecule has 0 aliphatic carbocycles. The fraction of sp³-hybridized carbons (Fsp3) is 0.615. The Bertz CT molecular complexity index is 336. The summed E-state index contributed by atoms with van der Waals surface area (Å²) in [4.78, 5) is 23.2. The molecule has 1 atom stereocenters. The van der Waals surface area contributed by atoms with Crippen molar-refractivity contribution in [3.8, 4) is 6.07 Å². The maximum Gasteiger partial charge on any atom is 0.329 e. The van der Waals surface area contributed by atoms with E-state index in [0.29, 0.717) is 26.1 Å². The number of hydrogen-bond donors (Lipinski definition) is 1. The highest BCUT2D eigenvalue weighted by Crippen LogP contribution is 1.99. The number of rotatable bonds is 10. The highest BCUT2D eigenvalue weighted by atomic mass is 16.5. The average Bonchev–Trinajstić information content (AvgIpc) is 2.41. The normalized spacial score (nSPS) is 11.2. The third-order valence-corrected chi connectivity index (χ3v) is 2.23. The molecular weight excluding hydrogens is 248 g/mol. The first kappa shape index (κ1) is 17.1. The van der Waals surface area contributed by atoms with E-state index in [1.807, 2.05) is 6.92 Å². The van der Waals surface area contributed by atoms with Crippen molar-refractivity contribution in [3.63, 3.8) is 0 Å². The van der Waals surface area contributed by atoms with E-state index in [1.165, 1.54) is 0 Å². The molecule has 6 heteroatoms. The molecule has 0 aromatic carbocycles. The summed E-state index contributed by atoms with van der Waals surface area (Å²) in [5.41, 5.74) is 0. The molecule has 0 rings (SSSR count). The zero-order chi connectivity index (χ0) is 14.5. The van der Waals surface area contributed by atoms with Crippen LogP contribution in [0.5, 0.6) is 0 Å².